The molecule has 0 atom stereocenters. The van der Waals surface area contributed by atoms with Gasteiger partial charge in [0, 0.05) is 10.0 Å². The van der Waals surface area contributed by atoms with E-state index in [0.717, 1.165) is 11.1 Å². The summed E-state index contributed by atoms with van der Waals surface area (Å²) in [4.78, 5) is 28.1. The lowest BCUT2D eigenvalue weighted by molar-refractivity contribution is 0.0685. The molecule has 8 nitrogen and oxygen atoms in total. The molecule has 0 aliphatic rings. The summed E-state index contributed by atoms with van der Waals surface area (Å²) < 4.78 is 8.10. The lowest BCUT2D eigenvalue weighted by Crippen LogP contribution is -2.17. The number of rotatable bonds is 8. The minimum absolute atomic E-state index is 0.121. The molecule has 0 unspecified atom stereocenters. The maximum Gasteiger partial charge on any atom is 0.336 e. The molecule has 1 heterocycles. The fourth-order valence-corrected chi connectivity index (χ4v) is 5.61. The Morgan fingerprint density at radius 3 is 2.37 bits per heavy atom. The van der Waals surface area contributed by atoms with Crippen LogP contribution < -0.4 is 9.54 Å². The number of aromatic carboxylic acids is 2. The third-order valence-electron chi connectivity index (χ3n) is 5.74. The highest BCUT2D eigenvalue weighted by molar-refractivity contribution is 9.10. The first kappa shape index (κ1) is 28.6. The number of aromatic nitrogens is 2. The van der Waals surface area contributed by atoms with Gasteiger partial charge in [0.2, 0.25) is 4.80 Å². The van der Waals surface area contributed by atoms with Crippen LogP contribution in [0.25, 0.3) is 10.6 Å². The van der Waals surface area contributed by atoms with Crippen LogP contribution in [0.2, 0.25) is 10.0 Å². The van der Waals surface area contributed by atoms with Crippen molar-refractivity contribution >= 4 is 68.1 Å². The fourth-order valence-electron chi connectivity index (χ4n) is 3.80. The summed E-state index contributed by atoms with van der Waals surface area (Å²) in [5.41, 5.74) is 2.43. The number of carbonyl (C=O) groups is 2. The summed E-state index contributed by atoms with van der Waals surface area (Å²) in [6.07, 6.45) is 0. The Morgan fingerprint density at radius 2 is 1.66 bits per heavy atom. The van der Waals surface area contributed by atoms with E-state index in [4.69, 9.17) is 38.0 Å². The molecule has 5 rings (SSSR count). The summed E-state index contributed by atoms with van der Waals surface area (Å²) in [5.74, 6) is -1.18. The molecule has 41 heavy (non-hydrogen) atoms. The molecule has 0 bridgehead atoms. The second-order valence-corrected chi connectivity index (χ2v) is 11.3. The second kappa shape index (κ2) is 12.3. The number of hydrogen-bond acceptors (Lipinski definition) is 6. The molecular weight excluding hydrogens is 653 g/mol. The average Bonchev–Trinajstić information content (AvgIpc) is 3.33. The SMILES string of the molecule is O=C(O)c1cccc(Oc2cccc(-c3nn(Cc4ccc(C(=O)O)c(Br)c4)c(=Nc4ccc(Cl)c(Cl)c4)s3)c2)c1. The molecule has 2 N–H and O–H groups in total. The number of hydrogen-bond donors (Lipinski definition) is 2. The van der Waals surface area contributed by atoms with Crippen molar-refractivity contribution in [3.63, 3.8) is 0 Å². The summed E-state index contributed by atoms with van der Waals surface area (Å²) in [6, 6.07) is 23.6. The highest BCUT2D eigenvalue weighted by Crippen LogP contribution is 2.30. The molecule has 0 spiro atoms. The van der Waals surface area contributed by atoms with E-state index in [2.05, 4.69) is 15.9 Å². The van der Waals surface area contributed by atoms with Crippen LogP contribution in [0.4, 0.5) is 5.69 Å². The third kappa shape index (κ3) is 6.86. The van der Waals surface area contributed by atoms with E-state index >= 15 is 0 Å². The minimum Gasteiger partial charge on any atom is -0.478 e. The third-order valence-corrected chi connectivity index (χ3v) is 8.13. The van der Waals surface area contributed by atoms with Crippen molar-refractivity contribution in [3.05, 3.63) is 121 Å². The normalized spacial score (nSPS) is 11.4. The first-order chi connectivity index (χ1) is 19.7. The first-order valence-electron chi connectivity index (χ1n) is 11.9. The molecule has 0 fully saturated rings. The largest absolute Gasteiger partial charge is 0.478 e. The lowest BCUT2D eigenvalue weighted by Gasteiger charge is -2.07. The van der Waals surface area contributed by atoms with Gasteiger partial charge in [-0.3, -0.25) is 0 Å². The van der Waals surface area contributed by atoms with E-state index in [0.29, 0.717) is 48.1 Å². The van der Waals surface area contributed by atoms with Gasteiger partial charge in [-0.15, -0.1) is 0 Å². The second-order valence-electron chi connectivity index (χ2n) is 8.64. The Morgan fingerprint density at radius 1 is 0.902 bits per heavy atom. The van der Waals surface area contributed by atoms with E-state index in [1.54, 1.807) is 59.3 Å². The van der Waals surface area contributed by atoms with Gasteiger partial charge >= 0.3 is 11.9 Å². The summed E-state index contributed by atoms with van der Waals surface area (Å²) >= 11 is 17.0. The molecule has 0 saturated carbocycles. The van der Waals surface area contributed by atoms with Crippen LogP contribution >= 0.6 is 50.5 Å². The molecule has 5 aromatic rings. The number of ether oxygens (including phenoxy) is 1. The predicted octanol–water partition coefficient (Wildman–Crippen LogP) is 8.15. The Kier molecular flexibility index (Phi) is 8.55. The zero-order chi connectivity index (χ0) is 29.1. The van der Waals surface area contributed by atoms with E-state index in [1.807, 2.05) is 12.1 Å². The molecule has 0 radical (unpaired) electrons. The minimum atomic E-state index is -1.04. The van der Waals surface area contributed by atoms with Crippen LogP contribution in [0.1, 0.15) is 26.3 Å². The van der Waals surface area contributed by atoms with Crippen LogP contribution in [-0.4, -0.2) is 31.9 Å². The van der Waals surface area contributed by atoms with Gasteiger partial charge < -0.3 is 14.9 Å². The highest BCUT2D eigenvalue weighted by Gasteiger charge is 2.13. The first-order valence-corrected chi connectivity index (χ1v) is 14.2. The van der Waals surface area contributed by atoms with Gasteiger partial charge in [0.05, 0.1) is 33.4 Å². The zero-order valence-corrected chi connectivity index (χ0v) is 24.7. The summed E-state index contributed by atoms with van der Waals surface area (Å²) in [6.45, 7) is 0.313. The van der Waals surface area contributed by atoms with Gasteiger partial charge in [0.25, 0.3) is 0 Å². The quantitative estimate of drug-likeness (QED) is 0.172. The van der Waals surface area contributed by atoms with Crippen molar-refractivity contribution in [2.75, 3.05) is 0 Å². The molecular formula is C29H18BrCl2N3O5S. The van der Waals surface area contributed by atoms with E-state index < -0.39 is 11.9 Å². The smallest absolute Gasteiger partial charge is 0.336 e. The van der Waals surface area contributed by atoms with Crippen LogP contribution in [0.15, 0.2) is 94.4 Å². The topological polar surface area (TPSA) is 114 Å². The molecule has 4 aromatic carbocycles. The maximum absolute atomic E-state index is 11.4. The molecule has 0 aliphatic heterocycles. The summed E-state index contributed by atoms with van der Waals surface area (Å²) in [7, 11) is 0. The highest BCUT2D eigenvalue weighted by atomic mass is 79.9. The van der Waals surface area contributed by atoms with Crippen molar-refractivity contribution < 1.29 is 24.5 Å². The van der Waals surface area contributed by atoms with Crippen LogP contribution in [0.3, 0.4) is 0 Å². The van der Waals surface area contributed by atoms with Gasteiger partial charge in [0.15, 0.2) is 0 Å². The van der Waals surface area contributed by atoms with Crippen LogP contribution in [-0.2, 0) is 6.54 Å². The van der Waals surface area contributed by atoms with Gasteiger partial charge in [-0.25, -0.2) is 19.3 Å². The fraction of sp³-hybridized carbons (Fsp3) is 0.0345. The monoisotopic (exact) mass is 669 g/mol. The molecule has 0 amide bonds. The lowest BCUT2D eigenvalue weighted by atomic mass is 10.1. The van der Waals surface area contributed by atoms with Crippen molar-refractivity contribution in [1.82, 2.24) is 9.78 Å². The maximum atomic E-state index is 11.4. The van der Waals surface area contributed by atoms with E-state index in [-0.39, 0.29) is 11.1 Å². The molecule has 206 valence electrons. The number of carboxylic acids is 2. The molecule has 12 heteroatoms. The Bertz CT molecular complexity index is 1870. The number of nitrogens with zero attached hydrogens (tertiary/aromatic N) is 3. The van der Waals surface area contributed by atoms with E-state index in [9.17, 15) is 19.8 Å². The molecule has 1 aromatic heterocycles. The average molecular weight is 671 g/mol. The summed E-state index contributed by atoms with van der Waals surface area (Å²) in [5, 5.41) is 24.9. The predicted molar refractivity (Wildman–Crippen MR) is 161 cm³/mol. The van der Waals surface area contributed by atoms with E-state index in [1.165, 1.54) is 29.5 Å². The van der Waals surface area contributed by atoms with Crippen molar-refractivity contribution in [2.24, 2.45) is 4.99 Å². The van der Waals surface area contributed by atoms with Gasteiger partial charge in [-0.1, -0.05) is 58.8 Å². The van der Waals surface area contributed by atoms with Gasteiger partial charge in [0.1, 0.15) is 16.5 Å². The standard InChI is InChI=1S/C29H18BrCl2N3O5S/c30-23-11-16(7-9-22(23)28(38)39)15-35-29(33-19-8-10-24(31)25(32)14-19)41-26(34-35)17-3-1-5-20(12-17)40-21-6-2-4-18(13-21)27(36)37/h1-14H,15H2,(H,36,37)(H,38,39). The Balaban J connectivity index is 1.53. The van der Waals surface area contributed by atoms with Gasteiger partial charge in [-0.05, 0) is 82.2 Å². The number of benzene rings is 4. The van der Waals surface area contributed by atoms with Crippen LogP contribution in [0.5, 0.6) is 11.5 Å². The van der Waals surface area contributed by atoms with Crippen molar-refractivity contribution in [3.8, 4) is 22.1 Å². The van der Waals surface area contributed by atoms with Crippen molar-refractivity contribution in [2.45, 2.75) is 6.54 Å². The molecule has 0 aliphatic carbocycles. The van der Waals surface area contributed by atoms with Crippen molar-refractivity contribution in [1.29, 1.82) is 0 Å². The Labute approximate surface area is 255 Å². The van der Waals surface area contributed by atoms with Gasteiger partial charge in [-0.2, -0.15) is 5.10 Å². The number of carboxylic acid groups (broad SMARTS) is 2. The number of halogens is 3. The zero-order valence-electron chi connectivity index (χ0n) is 20.8. The molecule has 0 saturated heterocycles. The van der Waals surface area contributed by atoms with Crippen LogP contribution in [0, 0.1) is 0 Å². The Hall–Kier alpha value is -3.96.